The highest BCUT2D eigenvalue weighted by molar-refractivity contribution is 5.79. The van der Waals surface area contributed by atoms with E-state index in [0.717, 1.165) is 37.8 Å². The third-order valence-electron chi connectivity index (χ3n) is 5.74. The van der Waals surface area contributed by atoms with E-state index in [2.05, 4.69) is 10.2 Å². The second-order valence-corrected chi connectivity index (χ2v) is 7.94. The van der Waals surface area contributed by atoms with Gasteiger partial charge < -0.3 is 20.2 Å². The van der Waals surface area contributed by atoms with Gasteiger partial charge in [0.15, 0.2) is 0 Å². The minimum atomic E-state index is -0.0764. The summed E-state index contributed by atoms with van der Waals surface area (Å²) in [6.07, 6.45) is 7.00. The Bertz CT molecular complexity index is 641. The zero-order valence-corrected chi connectivity index (χ0v) is 16.2. The van der Waals surface area contributed by atoms with Crippen molar-refractivity contribution in [3.05, 3.63) is 29.8 Å². The van der Waals surface area contributed by atoms with Crippen molar-refractivity contribution >= 4 is 11.9 Å². The van der Waals surface area contributed by atoms with Gasteiger partial charge in [-0.15, -0.1) is 0 Å². The lowest BCUT2D eigenvalue weighted by molar-refractivity contribution is -0.129. The minimum Gasteiger partial charge on any atom is -0.508 e. The van der Waals surface area contributed by atoms with E-state index in [9.17, 15) is 14.7 Å². The molecule has 2 N–H and O–H groups in total. The first-order valence-corrected chi connectivity index (χ1v) is 10.1. The van der Waals surface area contributed by atoms with Gasteiger partial charge in [0.1, 0.15) is 5.75 Å². The standard InChI is InChI=1S/C21H31N3O3/c1-23(14-17-13-20(26)24(15-17)18-6-2-3-7-18)21(27)22-12-4-5-16-8-10-19(25)11-9-16/h8-11,17-18,25H,2-7,12-15H2,1H3,(H,22,27)/t17-/m0/s1. The minimum absolute atomic E-state index is 0.0764. The number of hydrogen-bond acceptors (Lipinski definition) is 3. The largest absolute Gasteiger partial charge is 0.508 e. The first-order valence-electron chi connectivity index (χ1n) is 10.1. The fourth-order valence-electron chi connectivity index (χ4n) is 4.26. The number of carbonyl (C=O) groups excluding carboxylic acids is 2. The number of benzene rings is 1. The van der Waals surface area contributed by atoms with Crippen LogP contribution in [-0.4, -0.2) is 59.6 Å². The molecule has 1 aliphatic carbocycles. The number of hydrogen-bond donors (Lipinski definition) is 2. The van der Waals surface area contributed by atoms with Crippen molar-refractivity contribution in [3.63, 3.8) is 0 Å². The lowest BCUT2D eigenvalue weighted by Gasteiger charge is -2.25. The first kappa shape index (κ1) is 19.5. The number of aryl methyl sites for hydroxylation is 1. The van der Waals surface area contributed by atoms with Crippen LogP contribution in [0.25, 0.3) is 0 Å². The van der Waals surface area contributed by atoms with Crippen molar-refractivity contribution in [1.82, 2.24) is 15.1 Å². The van der Waals surface area contributed by atoms with Crippen LogP contribution in [0.5, 0.6) is 5.75 Å². The van der Waals surface area contributed by atoms with E-state index in [0.29, 0.717) is 25.6 Å². The Balaban J connectivity index is 1.35. The molecule has 0 spiro atoms. The van der Waals surface area contributed by atoms with Crippen LogP contribution >= 0.6 is 0 Å². The number of likely N-dealkylation sites (tertiary alicyclic amines) is 1. The van der Waals surface area contributed by atoms with Gasteiger partial charge in [-0.2, -0.15) is 0 Å². The van der Waals surface area contributed by atoms with Crippen LogP contribution in [0.2, 0.25) is 0 Å². The molecule has 1 aliphatic heterocycles. The second kappa shape index (κ2) is 9.11. The maximum atomic E-state index is 12.3. The molecule has 0 unspecified atom stereocenters. The molecule has 0 radical (unpaired) electrons. The average Bonchev–Trinajstić information content (AvgIpc) is 3.29. The Hall–Kier alpha value is -2.24. The monoisotopic (exact) mass is 373 g/mol. The number of carbonyl (C=O) groups is 2. The van der Waals surface area contributed by atoms with Crippen molar-refractivity contribution in [2.24, 2.45) is 5.92 Å². The maximum Gasteiger partial charge on any atom is 0.317 e. The molecule has 2 fully saturated rings. The molecule has 148 valence electrons. The summed E-state index contributed by atoms with van der Waals surface area (Å²) >= 11 is 0. The lowest BCUT2D eigenvalue weighted by Crippen LogP contribution is -2.41. The Morgan fingerprint density at radius 2 is 1.96 bits per heavy atom. The maximum absolute atomic E-state index is 12.3. The molecular weight excluding hydrogens is 342 g/mol. The van der Waals surface area contributed by atoms with Gasteiger partial charge in [-0.1, -0.05) is 25.0 Å². The van der Waals surface area contributed by atoms with E-state index in [1.54, 1.807) is 24.1 Å². The van der Waals surface area contributed by atoms with E-state index < -0.39 is 0 Å². The highest BCUT2D eigenvalue weighted by Gasteiger charge is 2.36. The highest BCUT2D eigenvalue weighted by Crippen LogP contribution is 2.29. The van der Waals surface area contributed by atoms with Gasteiger partial charge >= 0.3 is 6.03 Å². The normalized spacial score (nSPS) is 20.3. The molecule has 3 amide bonds. The molecule has 1 saturated carbocycles. The summed E-state index contributed by atoms with van der Waals surface area (Å²) in [5.41, 5.74) is 1.15. The second-order valence-electron chi connectivity index (χ2n) is 7.94. The molecule has 6 nitrogen and oxygen atoms in total. The first-order chi connectivity index (χ1) is 13.0. The molecule has 1 saturated heterocycles. The van der Waals surface area contributed by atoms with Crippen LogP contribution < -0.4 is 5.32 Å². The fraction of sp³-hybridized carbons (Fsp3) is 0.619. The smallest absolute Gasteiger partial charge is 0.317 e. The molecule has 3 rings (SSSR count). The predicted octanol–water partition coefficient (Wildman–Crippen LogP) is 2.76. The quantitative estimate of drug-likeness (QED) is 0.722. The molecule has 1 aromatic carbocycles. The number of phenolic OH excluding ortho intramolecular Hbond substituents is 1. The summed E-state index contributed by atoms with van der Waals surface area (Å²) in [5, 5.41) is 12.2. The van der Waals surface area contributed by atoms with Crippen molar-refractivity contribution in [2.45, 2.75) is 51.0 Å². The average molecular weight is 373 g/mol. The third kappa shape index (κ3) is 5.37. The molecule has 1 aromatic rings. The molecule has 1 atom stereocenters. The van der Waals surface area contributed by atoms with Crippen LogP contribution in [0, 0.1) is 5.92 Å². The molecule has 0 aromatic heterocycles. The molecule has 6 heteroatoms. The van der Waals surface area contributed by atoms with Crippen LogP contribution in [0.4, 0.5) is 4.79 Å². The van der Waals surface area contributed by atoms with Crippen molar-refractivity contribution in [3.8, 4) is 5.75 Å². The molecule has 2 aliphatic rings. The van der Waals surface area contributed by atoms with E-state index >= 15 is 0 Å². The molecule has 0 bridgehead atoms. The van der Waals surface area contributed by atoms with Gasteiger partial charge in [0.2, 0.25) is 5.91 Å². The van der Waals surface area contributed by atoms with Crippen molar-refractivity contribution in [2.75, 3.05) is 26.7 Å². The van der Waals surface area contributed by atoms with Crippen LogP contribution in [0.15, 0.2) is 24.3 Å². The molecule has 1 heterocycles. The van der Waals surface area contributed by atoms with Crippen LogP contribution in [0.1, 0.15) is 44.1 Å². The number of aromatic hydroxyl groups is 1. The summed E-state index contributed by atoms with van der Waals surface area (Å²) in [7, 11) is 1.80. The Kier molecular flexibility index (Phi) is 6.58. The van der Waals surface area contributed by atoms with Gasteiger partial charge in [-0.05, 0) is 43.4 Å². The van der Waals surface area contributed by atoms with Gasteiger partial charge in [0.05, 0.1) is 0 Å². The number of nitrogens with one attached hydrogen (secondary N) is 1. The lowest BCUT2D eigenvalue weighted by atomic mass is 10.1. The summed E-state index contributed by atoms with van der Waals surface area (Å²) in [6.45, 7) is 2.03. The summed E-state index contributed by atoms with van der Waals surface area (Å²) in [6, 6.07) is 7.51. The fourth-order valence-corrected chi connectivity index (χ4v) is 4.26. The SMILES string of the molecule is CN(C[C@@H]1CC(=O)N(C2CCCC2)C1)C(=O)NCCCc1ccc(O)cc1. The van der Waals surface area contributed by atoms with E-state index in [1.807, 2.05) is 12.1 Å². The number of phenols is 1. The molecular formula is C21H31N3O3. The third-order valence-corrected chi connectivity index (χ3v) is 5.74. The van der Waals surface area contributed by atoms with Gasteiger partial charge in [-0.25, -0.2) is 4.79 Å². The van der Waals surface area contributed by atoms with Gasteiger partial charge in [-0.3, -0.25) is 4.79 Å². The predicted molar refractivity (Wildman–Crippen MR) is 105 cm³/mol. The highest BCUT2D eigenvalue weighted by atomic mass is 16.3. The zero-order valence-electron chi connectivity index (χ0n) is 16.2. The zero-order chi connectivity index (χ0) is 19.2. The van der Waals surface area contributed by atoms with Crippen molar-refractivity contribution in [1.29, 1.82) is 0 Å². The number of nitrogens with zero attached hydrogens (tertiary/aromatic N) is 2. The van der Waals surface area contributed by atoms with Crippen LogP contribution in [0.3, 0.4) is 0 Å². The van der Waals surface area contributed by atoms with Crippen LogP contribution in [-0.2, 0) is 11.2 Å². The van der Waals surface area contributed by atoms with E-state index in [1.165, 1.54) is 12.8 Å². The Labute approximate surface area is 161 Å². The topological polar surface area (TPSA) is 72.9 Å². The van der Waals surface area contributed by atoms with E-state index in [4.69, 9.17) is 0 Å². The summed E-state index contributed by atoms with van der Waals surface area (Å²) < 4.78 is 0. The van der Waals surface area contributed by atoms with Gasteiger partial charge in [0.25, 0.3) is 0 Å². The Morgan fingerprint density at radius 3 is 2.67 bits per heavy atom. The van der Waals surface area contributed by atoms with Gasteiger partial charge in [0, 0.05) is 45.1 Å². The summed E-state index contributed by atoms with van der Waals surface area (Å²) in [4.78, 5) is 28.3. The Morgan fingerprint density at radius 1 is 1.26 bits per heavy atom. The number of rotatable bonds is 7. The number of amides is 3. The molecule has 27 heavy (non-hydrogen) atoms. The van der Waals surface area contributed by atoms with E-state index in [-0.39, 0.29) is 23.6 Å². The summed E-state index contributed by atoms with van der Waals surface area (Å²) in [5.74, 6) is 0.769. The van der Waals surface area contributed by atoms with Crippen molar-refractivity contribution < 1.29 is 14.7 Å². The number of urea groups is 1.